The maximum atomic E-state index is 12.7. The first-order chi connectivity index (χ1) is 17.5. The van der Waals surface area contributed by atoms with E-state index in [0.29, 0.717) is 29.5 Å². The lowest BCUT2D eigenvalue weighted by Crippen LogP contribution is -2.37. The molecule has 0 bridgehead atoms. The van der Waals surface area contributed by atoms with Crippen molar-refractivity contribution in [1.29, 1.82) is 0 Å². The third kappa shape index (κ3) is 5.10. The van der Waals surface area contributed by atoms with Crippen molar-refractivity contribution in [3.8, 4) is 11.1 Å². The van der Waals surface area contributed by atoms with Gasteiger partial charge in [-0.2, -0.15) is 0 Å². The van der Waals surface area contributed by atoms with Gasteiger partial charge in [-0.05, 0) is 60.8 Å². The number of pyridine rings is 1. The van der Waals surface area contributed by atoms with Crippen molar-refractivity contribution in [1.82, 2.24) is 19.9 Å². The van der Waals surface area contributed by atoms with Gasteiger partial charge in [0.1, 0.15) is 5.82 Å². The lowest BCUT2D eigenvalue weighted by Gasteiger charge is -2.21. The maximum absolute atomic E-state index is 12.7. The van der Waals surface area contributed by atoms with Crippen LogP contribution in [0.15, 0.2) is 61.1 Å². The largest absolute Gasteiger partial charge is 0.465 e. The molecule has 1 atom stereocenters. The number of rotatable bonds is 6. The van der Waals surface area contributed by atoms with Gasteiger partial charge in [-0.3, -0.25) is 4.79 Å². The van der Waals surface area contributed by atoms with Crippen molar-refractivity contribution >= 4 is 40.3 Å². The fourth-order valence-corrected chi connectivity index (χ4v) is 4.66. The number of hydrogen-bond acceptors (Lipinski definition) is 6. The molecule has 1 aliphatic rings. The van der Waals surface area contributed by atoms with Crippen LogP contribution in [-0.2, 0) is 16.1 Å². The summed E-state index contributed by atoms with van der Waals surface area (Å²) >= 11 is 6.52. The van der Waals surface area contributed by atoms with Gasteiger partial charge in [-0.1, -0.05) is 29.8 Å². The molecule has 0 radical (unpaired) electrons. The predicted molar refractivity (Wildman–Crippen MR) is 139 cm³/mol. The maximum Gasteiger partial charge on any atom is 0.337 e. The number of amides is 1. The van der Waals surface area contributed by atoms with Gasteiger partial charge in [0, 0.05) is 24.8 Å². The van der Waals surface area contributed by atoms with Crippen LogP contribution in [0.5, 0.6) is 0 Å². The number of halogens is 1. The minimum absolute atomic E-state index is 0.0327. The summed E-state index contributed by atoms with van der Waals surface area (Å²) in [7, 11) is 1.37. The Morgan fingerprint density at radius 3 is 2.75 bits per heavy atom. The number of carbonyl (C=O) groups is 2. The van der Waals surface area contributed by atoms with Gasteiger partial charge in [0.2, 0.25) is 5.91 Å². The van der Waals surface area contributed by atoms with Crippen molar-refractivity contribution in [3.05, 3.63) is 77.2 Å². The molecule has 8 nitrogen and oxygen atoms in total. The average molecular weight is 504 g/mol. The average Bonchev–Trinajstić information content (AvgIpc) is 3.32. The van der Waals surface area contributed by atoms with Crippen molar-refractivity contribution < 1.29 is 14.3 Å². The second kappa shape index (κ2) is 10.5. The van der Waals surface area contributed by atoms with Crippen LogP contribution in [0.3, 0.4) is 0 Å². The summed E-state index contributed by atoms with van der Waals surface area (Å²) in [5.74, 6) is 0.0190. The zero-order valence-corrected chi connectivity index (χ0v) is 20.6. The molecule has 5 rings (SSSR count). The number of esters is 1. The molecule has 9 heteroatoms. The first kappa shape index (κ1) is 24.0. The van der Waals surface area contributed by atoms with E-state index >= 15 is 0 Å². The normalized spacial score (nSPS) is 15.6. The van der Waals surface area contributed by atoms with Gasteiger partial charge in [-0.25, -0.2) is 14.8 Å². The Morgan fingerprint density at radius 1 is 1.17 bits per heavy atom. The van der Waals surface area contributed by atoms with E-state index in [0.717, 1.165) is 47.1 Å². The van der Waals surface area contributed by atoms with Gasteiger partial charge in [0.25, 0.3) is 0 Å². The minimum Gasteiger partial charge on any atom is -0.465 e. The molecule has 0 saturated carbocycles. The molecule has 0 aliphatic carbocycles. The van der Waals surface area contributed by atoms with Gasteiger partial charge < -0.3 is 19.9 Å². The summed E-state index contributed by atoms with van der Waals surface area (Å²) in [5.41, 5.74) is 5.00. The Hall–Kier alpha value is -3.75. The van der Waals surface area contributed by atoms with E-state index in [1.807, 2.05) is 41.0 Å². The summed E-state index contributed by atoms with van der Waals surface area (Å²) in [4.78, 5) is 33.2. The van der Waals surface area contributed by atoms with E-state index in [4.69, 9.17) is 16.3 Å². The van der Waals surface area contributed by atoms with Crippen LogP contribution in [0.2, 0.25) is 5.02 Å². The fourth-order valence-electron chi connectivity index (χ4n) is 4.44. The third-order valence-corrected chi connectivity index (χ3v) is 6.74. The fraction of sp³-hybridized carbons (Fsp3) is 0.259. The number of aromatic nitrogens is 3. The monoisotopic (exact) mass is 503 g/mol. The van der Waals surface area contributed by atoms with Crippen LogP contribution in [0.25, 0.3) is 22.2 Å². The predicted octanol–water partition coefficient (Wildman–Crippen LogP) is 4.52. The standard InChI is InChI=1S/C27H26ClN5O3/c1-36-27(35)18-6-4-17(5-7-18)15-33-16-31-23-9-8-19(11-24(23)33)21-12-25(30-14-22(21)28)32-26(34)20-3-2-10-29-13-20/h4-9,11-12,14,16,20,29H,2-3,10,13,15H2,1H3,(H,30,32,34)/t20-/m1/s1. The molecule has 1 fully saturated rings. The number of imidazole rings is 1. The first-order valence-corrected chi connectivity index (χ1v) is 12.2. The van der Waals surface area contributed by atoms with Crippen LogP contribution in [-0.4, -0.2) is 46.6 Å². The number of methoxy groups -OCH3 is 1. The van der Waals surface area contributed by atoms with Crippen molar-refractivity contribution in [2.75, 3.05) is 25.5 Å². The molecular weight excluding hydrogens is 478 g/mol. The molecule has 2 aromatic heterocycles. The Morgan fingerprint density at radius 2 is 2.00 bits per heavy atom. The highest BCUT2D eigenvalue weighted by atomic mass is 35.5. The number of hydrogen-bond donors (Lipinski definition) is 2. The van der Waals surface area contributed by atoms with E-state index in [2.05, 4.69) is 20.6 Å². The van der Waals surface area contributed by atoms with E-state index in [1.54, 1.807) is 24.7 Å². The number of anilines is 1. The molecule has 0 unspecified atom stereocenters. The molecule has 1 aliphatic heterocycles. The summed E-state index contributed by atoms with van der Waals surface area (Å²) in [6.45, 7) is 2.21. The van der Waals surface area contributed by atoms with E-state index < -0.39 is 0 Å². The molecule has 2 N–H and O–H groups in total. The number of benzene rings is 2. The number of fused-ring (bicyclic) bond motifs is 1. The highest BCUT2D eigenvalue weighted by molar-refractivity contribution is 6.33. The van der Waals surface area contributed by atoms with Crippen LogP contribution >= 0.6 is 11.6 Å². The zero-order chi connectivity index (χ0) is 25.1. The molecule has 184 valence electrons. The highest BCUT2D eigenvalue weighted by Gasteiger charge is 2.21. The van der Waals surface area contributed by atoms with Crippen LogP contribution < -0.4 is 10.6 Å². The van der Waals surface area contributed by atoms with Gasteiger partial charge in [0.15, 0.2) is 0 Å². The number of nitrogens with zero attached hydrogens (tertiary/aromatic N) is 3. The van der Waals surface area contributed by atoms with Crippen molar-refractivity contribution in [2.24, 2.45) is 5.92 Å². The molecule has 3 heterocycles. The lowest BCUT2D eigenvalue weighted by atomic mass is 9.99. The van der Waals surface area contributed by atoms with Crippen LogP contribution in [0.1, 0.15) is 28.8 Å². The molecular formula is C27H26ClN5O3. The van der Waals surface area contributed by atoms with E-state index in [-0.39, 0.29) is 17.8 Å². The molecule has 36 heavy (non-hydrogen) atoms. The Labute approximate surface area is 213 Å². The Bertz CT molecular complexity index is 1410. The quantitative estimate of drug-likeness (QED) is 0.375. The molecule has 2 aromatic carbocycles. The summed E-state index contributed by atoms with van der Waals surface area (Å²) in [5, 5.41) is 6.70. The van der Waals surface area contributed by atoms with Gasteiger partial charge >= 0.3 is 5.97 Å². The van der Waals surface area contributed by atoms with E-state index in [9.17, 15) is 9.59 Å². The van der Waals surface area contributed by atoms with Crippen LogP contribution in [0, 0.1) is 5.92 Å². The first-order valence-electron chi connectivity index (χ1n) is 11.8. The van der Waals surface area contributed by atoms with Crippen LogP contribution in [0.4, 0.5) is 5.82 Å². The zero-order valence-electron chi connectivity index (χ0n) is 19.8. The lowest BCUT2D eigenvalue weighted by molar-refractivity contribution is -0.120. The van der Waals surface area contributed by atoms with E-state index in [1.165, 1.54) is 7.11 Å². The number of nitrogens with one attached hydrogen (secondary N) is 2. The van der Waals surface area contributed by atoms with Crippen molar-refractivity contribution in [2.45, 2.75) is 19.4 Å². The second-order valence-corrected chi connectivity index (χ2v) is 9.25. The Kier molecular flexibility index (Phi) is 6.97. The minimum atomic E-state index is -0.362. The number of carbonyl (C=O) groups excluding carboxylic acids is 2. The topological polar surface area (TPSA) is 98.1 Å². The number of ether oxygens (including phenoxy) is 1. The Balaban J connectivity index is 1.39. The summed E-state index contributed by atoms with van der Waals surface area (Å²) in [6, 6.07) is 15.1. The molecule has 1 amide bonds. The van der Waals surface area contributed by atoms with Gasteiger partial charge in [-0.15, -0.1) is 0 Å². The smallest absolute Gasteiger partial charge is 0.337 e. The molecule has 1 saturated heterocycles. The number of piperidine rings is 1. The second-order valence-electron chi connectivity index (χ2n) is 8.85. The molecule has 4 aromatic rings. The highest BCUT2D eigenvalue weighted by Crippen LogP contribution is 2.32. The third-order valence-electron chi connectivity index (χ3n) is 6.43. The SMILES string of the molecule is COC(=O)c1ccc(Cn2cnc3ccc(-c4cc(NC(=O)[C@@H]5CCCNC5)ncc4Cl)cc32)cc1. The van der Waals surface area contributed by atoms with Gasteiger partial charge in [0.05, 0.1) is 41.0 Å². The summed E-state index contributed by atoms with van der Waals surface area (Å²) < 4.78 is 6.81. The molecule has 0 spiro atoms. The summed E-state index contributed by atoms with van der Waals surface area (Å²) in [6.07, 6.45) is 5.21. The van der Waals surface area contributed by atoms with Crippen molar-refractivity contribution in [3.63, 3.8) is 0 Å².